The number of amides is 3. The van der Waals surface area contributed by atoms with E-state index in [2.05, 4.69) is 25.8 Å². The number of carbonyl (C=O) groups is 2. The van der Waals surface area contributed by atoms with Gasteiger partial charge in [0.2, 0.25) is 5.91 Å². The molecule has 192 valence electrons. The van der Waals surface area contributed by atoms with Crippen LogP contribution >= 0.6 is 39.1 Å². The number of urea groups is 1. The highest BCUT2D eigenvalue weighted by molar-refractivity contribution is 9.10. The van der Waals surface area contributed by atoms with E-state index in [-0.39, 0.29) is 31.4 Å². The van der Waals surface area contributed by atoms with Crippen LogP contribution < -0.4 is 9.64 Å². The number of hydrogen-bond donors (Lipinski definition) is 0. The van der Waals surface area contributed by atoms with Crippen molar-refractivity contribution in [1.82, 2.24) is 14.8 Å². The highest BCUT2D eigenvalue weighted by atomic mass is 79.9. The van der Waals surface area contributed by atoms with Crippen molar-refractivity contribution in [3.8, 4) is 11.5 Å². The molecule has 0 saturated carbocycles. The molecule has 0 aliphatic carbocycles. The van der Waals surface area contributed by atoms with Crippen molar-refractivity contribution < 1.29 is 14.3 Å². The molecule has 0 bridgehead atoms. The highest BCUT2D eigenvalue weighted by Crippen LogP contribution is 2.33. The Kier molecular flexibility index (Phi) is 7.88. The van der Waals surface area contributed by atoms with E-state index in [9.17, 15) is 9.59 Å². The summed E-state index contributed by atoms with van der Waals surface area (Å²) in [6.07, 6.45) is 4.45. The second-order valence-electron chi connectivity index (χ2n) is 9.07. The summed E-state index contributed by atoms with van der Waals surface area (Å²) in [6, 6.07) is 14.2. The molecular formula is C27H25BrCl2N4O3. The van der Waals surface area contributed by atoms with Crippen molar-refractivity contribution in [2.45, 2.75) is 32.4 Å². The summed E-state index contributed by atoms with van der Waals surface area (Å²) in [5.41, 5.74) is 2.55. The molecule has 0 radical (unpaired) electrons. The lowest BCUT2D eigenvalue weighted by Crippen LogP contribution is -2.51. The third kappa shape index (κ3) is 6.03. The van der Waals surface area contributed by atoms with Crippen LogP contribution in [0.15, 0.2) is 59.2 Å². The molecule has 0 spiro atoms. The van der Waals surface area contributed by atoms with E-state index in [1.807, 2.05) is 36.5 Å². The molecule has 2 aliphatic rings. The van der Waals surface area contributed by atoms with Crippen molar-refractivity contribution >= 4 is 56.8 Å². The molecule has 5 rings (SSSR count). The zero-order valence-electron chi connectivity index (χ0n) is 20.0. The maximum Gasteiger partial charge on any atom is 0.327 e. The van der Waals surface area contributed by atoms with E-state index in [0.29, 0.717) is 33.8 Å². The van der Waals surface area contributed by atoms with Gasteiger partial charge >= 0.3 is 6.03 Å². The summed E-state index contributed by atoms with van der Waals surface area (Å²) >= 11 is 15.7. The van der Waals surface area contributed by atoms with E-state index in [0.717, 1.165) is 28.8 Å². The lowest BCUT2D eigenvalue weighted by atomic mass is 10.1. The number of ether oxygens (including phenoxy) is 1. The van der Waals surface area contributed by atoms with Gasteiger partial charge < -0.3 is 14.5 Å². The zero-order chi connectivity index (χ0) is 25.9. The summed E-state index contributed by atoms with van der Waals surface area (Å²) < 4.78 is 6.92. The summed E-state index contributed by atoms with van der Waals surface area (Å²) in [5.74, 6) is 0.900. The zero-order valence-corrected chi connectivity index (χ0v) is 23.1. The molecule has 3 heterocycles. The van der Waals surface area contributed by atoms with Gasteiger partial charge in [-0.1, -0.05) is 45.2 Å². The van der Waals surface area contributed by atoms with E-state index in [1.165, 1.54) is 17.7 Å². The summed E-state index contributed by atoms with van der Waals surface area (Å²) in [7, 11) is 0. The molecule has 0 atom stereocenters. The summed E-state index contributed by atoms with van der Waals surface area (Å²) in [5, 5.41) is 0.825. The standard InChI is InChI=1S/C27H25BrCl2N4O3/c28-19-4-3-18(25(13-19)37-22-7-8-23(29)24(30)14-22)16-33-12-9-26(35)34(27(33)36)17-20-5-6-21(15-31-20)32-10-1-2-11-32/h3-8,13-15H,1-2,9-12,16-17H2. The van der Waals surface area contributed by atoms with Crippen molar-refractivity contribution in [3.05, 3.63) is 80.5 Å². The fourth-order valence-electron chi connectivity index (χ4n) is 4.50. The Hall–Kier alpha value is -2.81. The lowest BCUT2D eigenvalue weighted by molar-refractivity contribution is -0.131. The molecule has 1 aromatic heterocycles. The average Bonchev–Trinajstić information content (AvgIpc) is 3.43. The van der Waals surface area contributed by atoms with Crippen molar-refractivity contribution in [3.63, 3.8) is 0 Å². The van der Waals surface area contributed by atoms with Gasteiger partial charge in [-0.05, 0) is 49.2 Å². The van der Waals surface area contributed by atoms with Crippen LogP contribution in [0.3, 0.4) is 0 Å². The molecule has 10 heteroatoms. The fraction of sp³-hybridized carbons (Fsp3) is 0.296. The quantitative estimate of drug-likeness (QED) is 0.294. The Bertz CT molecular complexity index is 1320. The van der Waals surface area contributed by atoms with E-state index >= 15 is 0 Å². The number of hydrogen-bond acceptors (Lipinski definition) is 5. The first kappa shape index (κ1) is 25.8. The summed E-state index contributed by atoms with van der Waals surface area (Å²) in [6.45, 7) is 2.82. The van der Waals surface area contributed by atoms with Crippen LogP contribution in [0.1, 0.15) is 30.5 Å². The normalized spacial score (nSPS) is 16.0. The number of anilines is 1. The van der Waals surface area contributed by atoms with E-state index < -0.39 is 0 Å². The van der Waals surface area contributed by atoms with Crippen LogP contribution in [-0.2, 0) is 17.9 Å². The number of rotatable bonds is 7. The smallest absolute Gasteiger partial charge is 0.327 e. The molecule has 0 unspecified atom stereocenters. The molecule has 2 saturated heterocycles. The van der Waals surface area contributed by atoms with Crippen LogP contribution in [0.4, 0.5) is 10.5 Å². The molecular weight excluding hydrogens is 579 g/mol. The topological polar surface area (TPSA) is 66.0 Å². The predicted molar refractivity (Wildman–Crippen MR) is 147 cm³/mol. The minimum atomic E-state index is -0.343. The van der Waals surface area contributed by atoms with Gasteiger partial charge in [0.05, 0.1) is 40.7 Å². The second kappa shape index (κ2) is 11.3. The van der Waals surface area contributed by atoms with Crippen molar-refractivity contribution in [2.75, 3.05) is 24.5 Å². The molecule has 3 aromatic rings. The van der Waals surface area contributed by atoms with Gasteiger partial charge in [0.25, 0.3) is 0 Å². The third-order valence-corrected chi connectivity index (χ3v) is 7.74. The highest BCUT2D eigenvalue weighted by Gasteiger charge is 2.33. The molecule has 7 nitrogen and oxygen atoms in total. The van der Waals surface area contributed by atoms with Gasteiger partial charge in [-0.3, -0.25) is 14.7 Å². The number of nitrogens with zero attached hydrogens (tertiary/aromatic N) is 4. The Morgan fingerprint density at radius 2 is 1.73 bits per heavy atom. The number of halogens is 3. The number of pyridine rings is 1. The molecule has 37 heavy (non-hydrogen) atoms. The number of imide groups is 1. The first-order valence-corrected chi connectivity index (χ1v) is 13.6. The van der Waals surface area contributed by atoms with Gasteiger partial charge in [-0.15, -0.1) is 0 Å². The maximum atomic E-state index is 13.4. The van der Waals surface area contributed by atoms with Gasteiger partial charge in [0.1, 0.15) is 11.5 Å². The Labute approximate surface area is 234 Å². The molecule has 2 aromatic carbocycles. The maximum absolute atomic E-state index is 13.4. The molecule has 2 fully saturated rings. The largest absolute Gasteiger partial charge is 0.457 e. The first-order valence-electron chi connectivity index (χ1n) is 12.1. The number of aromatic nitrogens is 1. The van der Waals surface area contributed by atoms with E-state index in [1.54, 1.807) is 23.1 Å². The molecule has 0 N–H and O–H groups in total. The minimum Gasteiger partial charge on any atom is -0.457 e. The first-order chi connectivity index (χ1) is 17.9. The Morgan fingerprint density at radius 3 is 2.46 bits per heavy atom. The van der Waals surface area contributed by atoms with Gasteiger partial charge in [0, 0.05) is 42.2 Å². The van der Waals surface area contributed by atoms with Crippen LogP contribution in [0.2, 0.25) is 10.0 Å². The average molecular weight is 604 g/mol. The van der Waals surface area contributed by atoms with Gasteiger partial charge in [-0.25, -0.2) is 4.79 Å². The molecule has 3 amide bonds. The predicted octanol–water partition coefficient (Wildman–Crippen LogP) is 6.90. The molecule has 2 aliphatic heterocycles. The van der Waals surface area contributed by atoms with Crippen LogP contribution in [0, 0.1) is 0 Å². The van der Waals surface area contributed by atoms with Crippen LogP contribution in [-0.4, -0.2) is 46.4 Å². The number of benzene rings is 2. The van der Waals surface area contributed by atoms with Gasteiger partial charge in [0.15, 0.2) is 0 Å². The monoisotopic (exact) mass is 602 g/mol. The van der Waals surface area contributed by atoms with Crippen LogP contribution in [0.25, 0.3) is 0 Å². The minimum absolute atomic E-state index is 0.140. The van der Waals surface area contributed by atoms with Crippen LogP contribution in [0.5, 0.6) is 11.5 Å². The lowest BCUT2D eigenvalue weighted by Gasteiger charge is -2.34. The van der Waals surface area contributed by atoms with E-state index in [4.69, 9.17) is 27.9 Å². The van der Waals surface area contributed by atoms with Crippen molar-refractivity contribution in [2.24, 2.45) is 0 Å². The van der Waals surface area contributed by atoms with Crippen molar-refractivity contribution in [1.29, 1.82) is 0 Å². The summed E-state index contributed by atoms with van der Waals surface area (Å²) in [4.78, 5) is 35.8. The Balaban J connectivity index is 1.30. The third-order valence-electron chi connectivity index (χ3n) is 6.51. The second-order valence-corrected chi connectivity index (χ2v) is 10.8. The Morgan fingerprint density at radius 1 is 0.919 bits per heavy atom. The fourth-order valence-corrected chi connectivity index (χ4v) is 5.13. The SMILES string of the molecule is O=C1CCN(Cc2ccc(Br)cc2Oc2ccc(Cl)c(Cl)c2)C(=O)N1Cc1ccc(N2CCCC2)cn1. The van der Waals surface area contributed by atoms with Gasteiger partial charge in [-0.2, -0.15) is 0 Å². The number of carbonyl (C=O) groups excluding carboxylic acids is 2.